The van der Waals surface area contributed by atoms with E-state index in [1.807, 2.05) is 61.5 Å². The van der Waals surface area contributed by atoms with Gasteiger partial charge in [-0.05, 0) is 48.0 Å². The summed E-state index contributed by atoms with van der Waals surface area (Å²) in [6.07, 6.45) is 1.75. The summed E-state index contributed by atoms with van der Waals surface area (Å²) in [6, 6.07) is 26.5. The van der Waals surface area contributed by atoms with Gasteiger partial charge in [-0.25, -0.2) is 0 Å². The van der Waals surface area contributed by atoms with Gasteiger partial charge in [-0.3, -0.25) is 5.43 Å². The van der Waals surface area contributed by atoms with E-state index < -0.39 is 0 Å². The van der Waals surface area contributed by atoms with Gasteiger partial charge in [-0.2, -0.15) is 5.10 Å². The van der Waals surface area contributed by atoms with Crippen molar-refractivity contribution in [1.29, 1.82) is 0 Å². The number of rotatable bonds is 4. The summed E-state index contributed by atoms with van der Waals surface area (Å²) in [7, 11) is 0. The summed E-state index contributed by atoms with van der Waals surface area (Å²) < 4.78 is 0. The van der Waals surface area contributed by atoms with Gasteiger partial charge in [0.1, 0.15) is 0 Å². The summed E-state index contributed by atoms with van der Waals surface area (Å²) in [4.78, 5) is 0. The molecule has 4 heteroatoms. The zero-order valence-corrected chi connectivity index (χ0v) is 14.8. The Morgan fingerprint density at radius 1 is 0.840 bits per heavy atom. The molecule has 0 spiro atoms. The SMILES string of the molecule is Cc1ccc(NC(=S)NN=Cc2ccc(-c3ccccc3)cc2)cc1. The molecule has 0 aliphatic rings. The zero-order valence-electron chi connectivity index (χ0n) is 13.9. The van der Waals surface area contributed by atoms with Crippen LogP contribution in [0.5, 0.6) is 0 Å². The molecule has 0 bridgehead atoms. The molecule has 3 aromatic carbocycles. The lowest BCUT2D eigenvalue weighted by Crippen LogP contribution is -2.23. The lowest BCUT2D eigenvalue weighted by Gasteiger charge is -2.07. The lowest BCUT2D eigenvalue weighted by atomic mass is 10.0. The first-order valence-corrected chi connectivity index (χ1v) is 8.44. The summed E-state index contributed by atoms with van der Waals surface area (Å²) in [5.41, 5.74) is 8.36. The van der Waals surface area contributed by atoms with Crippen LogP contribution < -0.4 is 10.7 Å². The minimum atomic E-state index is 0.459. The lowest BCUT2D eigenvalue weighted by molar-refractivity contribution is 1.05. The smallest absolute Gasteiger partial charge is 0.191 e. The largest absolute Gasteiger partial charge is 0.331 e. The van der Waals surface area contributed by atoms with Crippen molar-refractivity contribution in [1.82, 2.24) is 5.43 Å². The van der Waals surface area contributed by atoms with Crippen molar-refractivity contribution < 1.29 is 0 Å². The Labute approximate surface area is 153 Å². The molecular weight excluding hydrogens is 326 g/mol. The van der Waals surface area contributed by atoms with Gasteiger partial charge in [-0.15, -0.1) is 0 Å². The average Bonchev–Trinajstić information content (AvgIpc) is 2.65. The Morgan fingerprint density at radius 2 is 1.48 bits per heavy atom. The van der Waals surface area contributed by atoms with Gasteiger partial charge >= 0.3 is 0 Å². The Morgan fingerprint density at radius 3 is 2.16 bits per heavy atom. The average molecular weight is 345 g/mol. The highest BCUT2D eigenvalue weighted by molar-refractivity contribution is 7.80. The Hall–Kier alpha value is -2.98. The summed E-state index contributed by atoms with van der Waals surface area (Å²) in [5.74, 6) is 0. The molecule has 2 N–H and O–H groups in total. The first-order chi connectivity index (χ1) is 12.2. The molecule has 0 radical (unpaired) electrons. The predicted octanol–water partition coefficient (Wildman–Crippen LogP) is 4.98. The molecule has 3 rings (SSSR count). The second-order valence-corrected chi connectivity index (χ2v) is 6.09. The predicted molar refractivity (Wildman–Crippen MR) is 110 cm³/mol. The number of benzene rings is 3. The van der Waals surface area contributed by atoms with Crippen LogP contribution in [0.15, 0.2) is 84.0 Å². The molecule has 0 atom stereocenters. The van der Waals surface area contributed by atoms with E-state index in [0.29, 0.717) is 5.11 Å². The molecular formula is C21H19N3S. The van der Waals surface area contributed by atoms with E-state index in [0.717, 1.165) is 11.3 Å². The minimum absolute atomic E-state index is 0.459. The Kier molecular flexibility index (Phi) is 5.54. The van der Waals surface area contributed by atoms with E-state index in [4.69, 9.17) is 12.2 Å². The molecule has 0 aromatic heterocycles. The van der Waals surface area contributed by atoms with Crippen molar-refractivity contribution in [2.45, 2.75) is 6.92 Å². The molecule has 3 aromatic rings. The molecule has 0 heterocycles. The number of thiocarbonyl (C=S) groups is 1. The molecule has 0 amide bonds. The maximum Gasteiger partial charge on any atom is 0.191 e. The maximum atomic E-state index is 5.23. The summed E-state index contributed by atoms with van der Waals surface area (Å²) >= 11 is 5.23. The molecule has 0 aliphatic carbocycles. The van der Waals surface area contributed by atoms with Gasteiger partial charge in [0.25, 0.3) is 0 Å². The molecule has 124 valence electrons. The quantitative estimate of drug-likeness (QED) is 0.398. The second kappa shape index (κ2) is 8.22. The van der Waals surface area contributed by atoms with Gasteiger partial charge in [-0.1, -0.05) is 72.3 Å². The van der Waals surface area contributed by atoms with Crippen LogP contribution >= 0.6 is 12.2 Å². The minimum Gasteiger partial charge on any atom is -0.331 e. The highest BCUT2D eigenvalue weighted by Gasteiger charge is 1.97. The number of hydrogen-bond donors (Lipinski definition) is 2. The molecule has 0 aliphatic heterocycles. The number of aryl methyl sites for hydroxylation is 1. The zero-order chi connectivity index (χ0) is 17.5. The summed E-state index contributed by atoms with van der Waals surface area (Å²) in [5, 5.41) is 7.73. The van der Waals surface area contributed by atoms with Crippen LogP contribution in [0.2, 0.25) is 0 Å². The molecule has 0 saturated carbocycles. The highest BCUT2D eigenvalue weighted by atomic mass is 32.1. The topological polar surface area (TPSA) is 36.4 Å². The van der Waals surface area contributed by atoms with Crippen LogP contribution in [-0.4, -0.2) is 11.3 Å². The van der Waals surface area contributed by atoms with Crippen molar-refractivity contribution in [2.75, 3.05) is 5.32 Å². The van der Waals surface area contributed by atoms with Crippen LogP contribution in [0.1, 0.15) is 11.1 Å². The first-order valence-electron chi connectivity index (χ1n) is 8.03. The number of hydrogen-bond acceptors (Lipinski definition) is 2. The van der Waals surface area contributed by atoms with Crippen molar-refractivity contribution in [3.05, 3.63) is 90.0 Å². The maximum absolute atomic E-state index is 5.23. The van der Waals surface area contributed by atoms with E-state index >= 15 is 0 Å². The van der Waals surface area contributed by atoms with E-state index in [9.17, 15) is 0 Å². The van der Waals surface area contributed by atoms with Gasteiger partial charge in [0.2, 0.25) is 0 Å². The van der Waals surface area contributed by atoms with Gasteiger partial charge in [0.05, 0.1) is 6.21 Å². The third-order valence-electron chi connectivity index (χ3n) is 3.71. The third-order valence-corrected chi connectivity index (χ3v) is 3.90. The third kappa shape index (κ3) is 4.99. The van der Waals surface area contributed by atoms with Crippen LogP contribution in [0.25, 0.3) is 11.1 Å². The van der Waals surface area contributed by atoms with Crippen molar-refractivity contribution >= 4 is 29.2 Å². The van der Waals surface area contributed by atoms with Crippen LogP contribution in [0.4, 0.5) is 5.69 Å². The fourth-order valence-corrected chi connectivity index (χ4v) is 2.52. The van der Waals surface area contributed by atoms with E-state index in [2.05, 4.69) is 40.1 Å². The second-order valence-electron chi connectivity index (χ2n) is 5.68. The van der Waals surface area contributed by atoms with Gasteiger partial charge in [0, 0.05) is 5.69 Å². The number of hydrazone groups is 1. The van der Waals surface area contributed by atoms with E-state index in [1.54, 1.807) is 6.21 Å². The van der Waals surface area contributed by atoms with Crippen molar-refractivity contribution in [2.24, 2.45) is 5.10 Å². The number of anilines is 1. The highest BCUT2D eigenvalue weighted by Crippen LogP contribution is 2.18. The fraction of sp³-hybridized carbons (Fsp3) is 0.0476. The Balaban J connectivity index is 1.55. The summed E-state index contributed by atoms with van der Waals surface area (Å²) in [6.45, 7) is 2.05. The van der Waals surface area contributed by atoms with Crippen LogP contribution in [0.3, 0.4) is 0 Å². The number of nitrogens with one attached hydrogen (secondary N) is 2. The van der Waals surface area contributed by atoms with Gasteiger partial charge < -0.3 is 5.32 Å². The normalized spacial score (nSPS) is 10.6. The first kappa shape index (κ1) is 16.9. The standard InChI is InChI=1S/C21H19N3S/c1-16-7-13-20(14-8-16)23-21(25)24-22-15-17-9-11-19(12-10-17)18-5-3-2-4-6-18/h2-15H,1H3,(H2,23,24,25). The molecule has 3 nitrogen and oxygen atoms in total. The monoisotopic (exact) mass is 345 g/mol. The van der Waals surface area contributed by atoms with Crippen LogP contribution in [-0.2, 0) is 0 Å². The van der Waals surface area contributed by atoms with Crippen molar-refractivity contribution in [3.63, 3.8) is 0 Å². The van der Waals surface area contributed by atoms with E-state index in [1.165, 1.54) is 16.7 Å². The van der Waals surface area contributed by atoms with Crippen molar-refractivity contribution in [3.8, 4) is 11.1 Å². The van der Waals surface area contributed by atoms with Crippen LogP contribution in [0, 0.1) is 6.92 Å². The molecule has 0 fully saturated rings. The number of nitrogens with zero attached hydrogens (tertiary/aromatic N) is 1. The molecule has 0 saturated heterocycles. The Bertz CT molecular complexity index is 854. The fourth-order valence-electron chi connectivity index (χ4n) is 2.35. The molecule has 25 heavy (non-hydrogen) atoms. The molecule has 0 unspecified atom stereocenters. The van der Waals surface area contributed by atoms with E-state index in [-0.39, 0.29) is 0 Å². The van der Waals surface area contributed by atoms with Gasteiger partial charge in [0.15, 0.2) is 5.11 Å².